The van der Waals surface area contributed by atoms with Crippen molar-refractivity contribution in [1.82, 2.24) is 20.5 Å². The molecule has 7 nitrogen and oxygen atoms in total. The summed E-state index contributed by atoms with van der Waals surface area (Å²) in [6.07, 6.45) is 5.72. The zero-order valence-electron chi connectivity index (χ0n) is 18.5. The number of H-pyrrole nitrogens is 1. The summed E-state index contributed by atoms with van der Waals surface area (Å²) < 4.78 is 0. The lowest BCUT2D eigenvalue weighted by molar-refractivity contribution is -0.131. The van der Waals surface area contributed by atoms with E-state index in [0.29, 0.717) is 25.1 Å². The van der Waals surface area contributed by atoms with Crippen LogP contribution in [-0.2, 0) is 4.79 Å². The zero-order valence-corrected chi connectivity index (χ0v) is 18.5. The van der Waals surface area contributed by atoms with Crippen molar-refractivity contribution < 1.29 is 14.4 Å². The number of urea groups is 1. The van der Waals surface area contributed by atoms with Crippen LogP contribution in [0.3, 0.4) is 0 Å². The molecule has 1 aromatic heterocycles. The van der Waals surface area contributed by atoms with Gasteiger partial charge in [-0.3, -0.25) is 14.5 Å². The Balaban J connectivity index is 1.27. The molecule has 3 amide bonds. The number of para-hydroxylation sites is 1. The number of fused-ring (bicyclic) bond motifs is 1. The fraction of sp³-hybridized carbons (Fsp3) is 0.346. The van der Waals surface area contributed by atoms with E-state index in [1.165, 1.54) is 4.90 Å². The minimum absolute atomic E-state index is 0.0152. The van der Waals surface area contributed by atoms with Crippen molar-refractivity contribution in [2.45, 2.75) is 43.7 Å². The second-order valence-corrected chi connectivity index (χ2v) is 8.94. The van der Waals surface area contributed by atoms with Gasteiger partial charge in [0.05, 0.1) is 6.04 Å². The third-order valence-electron chi connectivity index (χ3n) is 6.86. The predicted molar refractivity (Wildman–Crippen MR) is 126 cm³/mol. The minimum Gasteiger partial charge on any atom is -0.360 e. The van der Waals surface area contributed by atoms with Crippen LogP contribution in [0.15, 0.2) is 60.8 Å². The second kappa shape index (κ2) is 8.83. The molecule has 1 atom stereocenters. The van der Waals surface area contributed by atoms with Crippen molar-refractivity contribution in [2.24, 2.45) is 0 Å². The molecule has 1 spiro atoms. The van der Waals surface area contributed by atoms with Crippen LogP contribution in [0.4, 0.5) is 4.79 Å². The molecule has 2 heterocycles. The number of benzene rings is 2. The van der Waals surface area contributed by atoms with Crippen molar-refractivity contribution in [3.63, 3.8) is 0 Å². The smallest absolute Gasteiger partial charge is 0.325 e. The number of aromatic amines is 1. The highest BCUT2D eigenvalue weighted by Crippen LogP contribution is 2.35. The van der Waals surface area contributed by atoms with E-state index in [1.807, 2.05) is 54.6 Å². The summed E-state index contributed by atoms with van der Waals surface area (Å²) in [6, 6.07) is 16.6. The van der Waals surface area contributed by atoms with E-state index in [1.54, 1.807) is 6.20 Å². The summed E-state index contributed by atoms with van der Waals surface area (Å²) in [7, 11) is 0. The van der Waals surface area contributed by atoms with E-state index in [9.17, 15) is 14.4 Å². The van der Waals surface area contributed by atoms with Crippen LogP contribution < -0.4 is 10.6 Å². The maximum absolute atomic E-state index is 13.5. The van der Waals surface area contributed by atoms with Gasteiger partial charge in [-0.2, -0.15) is 0 Å². The molecule has 0 radical (unpaired) electrons. The lowest BCUT2D eigenvalue weighted by atomic mass is 9.97. The number of nitrogens with one attached hydrogen (secondary N) is 3. The Labute approximate surface area is 192 Å². The molecule has 1 unspecified atom stereocenters. The van der Waals surface area contributed by atoms with Gasteiger partial charge < -0.3 is 15.6 Å². The molecule has 2 aliphatic rings. The highest BCUT2D eigenvalue weighted by Gasteiger charge is 2.52. The molecule has 1 aliphatic heterocycles. The SMILES string of the molecule is O=C(c1c[nH]c2ccccc12)C(NCCCN1C(=O)NC2(CCCC2)C1=O)c1ccccc1. The highest BCUT2D eigenvalue weighted by atomic mass is 16.2. The number of hydrogen-bond acceptors (Lipinski definition) is 4. The number of Topliss-reactive ketones (excluding diaryl/α,β-unsaturated/α-hetero) is 1. The Morgan fingerprint density at radius 3 is 2.55 bits per heavy atom. The summed E-state index contributed by atoms with van der Waals surface area (Å²) in [4.78, 5) is 43.3. The van der Waals surface area contributed by atoms with Crippen LogP contribution in [-0.4, -0.2) is 46.2 Å². The third-order valence-corrected chi connectivity index (χ3v) is 6.86. The lowest BCUT2D eigenvalue weighted by Gasteiger charge is -2.21. The topological polar surface area (TPSA) is 94.3 Å². The van der Waals surface area contributed by atoms with Crippen molar-refractivity contribution in [3.05, 3.63) is 71.9 Å². The van der Waals surface area contributed by atoms with Gasteiger partial charge in [-0.15, -0.1) is 0 Å². The van der Waals surface area contributed by atoms with Crippen LogP contribution in [0.5, 0.6) is 0 Å². The van der Waals surface area contributed by atoms with Gasteiger partial charge in [-0.1, -0.05) is 61.4 Å². The van der Waals surface area contributed by atoms with Crippen molar-refractivity contribution in [2.75, 3.05) is 13.1 Å². The first kappa shape index (κ1) is 21.4. The molecule has 7 heteroatoms. The second-order valence-electron chi connectivity index (χ2n) is 8.94. The fourth-order valence-electron chi connectivity index (χ4n) is 5.12. The largest absolute Gasteiger partial charge is 0.360 e. The van der Waals surface area contributed by atoms with Gasteiger partial charge in [0.15, 0.2) is 5.78 Å². The number of imide groups is 1. The summed E-state index contributed by atoms with van der Waals surface area (Å²) in [5.74, 6) is -0.113. The van der Waals surface area contributed by atoms with E-state index >= 15 is 0 Å². The molecule has 3 N–H and O–H groups in total. The summed E-state index contributed by atoms with van der Waals surface area (Å²) in [6.45, 7) is 0.833. The van der Waals surface area contributed by atoms with Gasteiger partial charge in [-0.05, 0) is 37.4 Å². The third kappa shape index (κ3) is 3.93. The Morgan fingerprint density at radius 2 is 1.76 bits per heavy atom. The normalized spacial score (nSPS) is 18.2. The molecular weight excluding hydrogens is 416 g/mol. The highest BCUT2D eigenvalue weighted by molar-refractivity contribution is 6.10. The molecule has 5 rings (SSSR count). The number of carbonyl (C=O) groups excluding carboxylic acids is 3. The van der Waals surface area contributed by atoms with Crippen molar-refractivity contribution in [1.29, 1.82) is 0 Å². The number of rotatable bonds is 8. The Hall–Kier alpha value is -3.45. The van der Waals surface area contributed by atoms with E-state index in [2.05, 4.69) is 15.6 Å². The molecule has 1 saturated heterocycles. The van der Waals surface area contributed by atoms with E-state index < -0.39 is 11.6 Å². The molecule has 2 aromatic carbocycles. The number of hydrogen-bond donors (Lipinski definition) is 3. The first-order valence-corrected chi connectivity index (χ1v) is 11.6. The number of aromatic nitrogens is 1. The number of nitrogens with zero attached hydrogens (tertiary/aromatic N) is 1. The van der Waals surface area contributed by atoms with Crippen molar-refractivity contribution in [3.8, 4) is 0 Å². The van der Waals surface area contributed by atoms with E-state index in [-0.39, 0.29) is 17.7 Å². The number of ketones is 1. The van der Waals surface area contributed by atoms with Gasteiger partial charge in [0.1, 0.15) is 5.54 Å². The standard InChI is InChI=1S/C26H28N4O3/c31-23(20-17-28-21-12-5-4-11-19(20)21)22(18-9-2-1-3-10-18)27-15-8-16-30-24(32)26(29-25(30)33)13-6-7-14-26/h1-5,9-12,17,22,27-28H,6-8,13-16H2,(H,29,33). The molecule has 33 heavy (non-hydrogen) atoms. The summed E-state index contributed by atoms with van der Waals surface area (Å²) in [5.41, 5.74) is 1.77. The lowest BCUT2D eigenvalue weighted by Crippen LogP contribution is -2.44. The Kier molecular flexibility index (Phi) is 5.72. The first-order chi connectivity index (χ1) is 16.1. The molecule has 3 aromatic rings. The van der Waals surface area contributed by atoms with Gasteiger partial charge in [0.25, 0.3) is 5.91 Å². The molecular formula is C26H28N4O3. The summed E-state index contributed by atoms with van der Waals surface area (Å²) >= 11 is 0. The van der Waals surface area contributed by atoms with Crippen LogP contribution in [0.25, 0.3) is 10.9 Å². The molecule has 1 aliphatic carbocycles. The van der Waals surface area contributed by atoms with Crippen LogP contribution in [0.2, 0.25) is 0 Å². The molecule has 170 valence electrons. The number of carbonyl (C=O) groups is 3. The van der Waals surface area contributed by atoms with Gasteiger partial charge in [-0.25, -0.2) is 4.79 Å². The van der Waals surface area contributed by atoms with E-state index in [4.69, 9.17) is 0 Å². The average molecular weight is 445 g/mol. The van der Waals surface area contributed by atoms with Crippen molar-refractivity contribution >= 4 is 28.6 Å². The zero-order chi connectivity index (χ0) is 22.8. The monoisotopic (exact) mass is 444 g/mol. The maximum Gasteiger partial charge on any atom is 0.325 e. The molecule has 1 saturated carbocycles. The van der Waals surface area contributed by atoms with Crippen LogP contribution in [0, 0.1) is 0 Å². The van der Waals surface area contributed by atoms with Crippen LogP contribution >= 0.6 is 0 Å². The fourth-order valence-corrected chi connectivity index (χ4v) is 5.12. The number of amides is 3. The Morgan fingerprint density at radius 1 is 1.03 bits per heavy atom. The van der Waals surface area contributed by atoms with Gasteiger partial charge >= 0.3 is 6.03 Å². The Bertz CT molecular complexity index is 1180. The molecule has 0 bridgehead atoms. The predicted octanol–water partition coefficient (Wildman–Crippen LogP) is 3.94. The first-order valence-electron chi connectivity index (χ1n) is 11.6. The van der Waals surface area contributed by atoms with Gasteiger partial charge in [0, 0.05) is 29.2 Å². The quantitative estimate of drug-likeness (QED) is 0.279. The van der Waals surface area contributed by atoms with Crippen LogP contribution in [0.1, 0.15) is 54.1 Å². The van der Waals surface area contributed by atoms with Gasteiger partial charge in [0.2, 0.25) is 0 Å². The summed E-state index contributed by atoms with van der Waals surface area (Å²) in [5, 5.41) is 7.18. The maximum atomic E-state index is 13.5. The molecule has 2 fully saturated rings. The minimum atomic E-state index is -0.678. The van der Waals surface area contributed by atoms with E-state index in [0.717, 1.165) is 42.1 Å². The average Bonchev–Trinajstić information content (AvgIpc) is 3.54.